The maximum absolute atomic E-state index is 11.6. The summed E-state index contributed by atoms with van der Waals surface area (Å²) in [6.45, 7) is -0.0197. The van der Waals surface area contributed by atoms with Gasteiger partial charge in [-0.25, -0.2) is 18.0 Å². The maximum atomic E-state index is 11.6. The third-order valence-corrected chi connectivity index (χ3v) is 3.47. The van der Waals surface area contributed by atoms with E-state index in [2.05, 4.69) is 10.1 Å². The number of hydrogen-bond donors (Lipinski definition) is 1. The van der Waals surface area contributed by atoms with Crippen LogP contribution in [0.25, 0.3) is 0 Å². The van der Waals surface area contributed by atoms with Crippen LogP contribution in [0.4, 0.5) is 4.79 Å². The average molecular weight is 336 g/mol. The van der Waals surface area contributed by atoms with Crippen molar-refractivity contribution in [2.24, 2.45) is 0 Å². The van der Waals surface area contributed by atoms with Gasteiger partial charge in [-0.05, 0) is 5.56 Å². The Balaban J connectivity index is 2.58. The first-order chi connectivity index (χ1) is 9.81. The van der Waals surface area contributed by atoms with Crippen LogP contribution in [0.1, 0.15) is 5.56 Å². The van der Waals surface area contributed by atoms with Gasteiger partial charge in [0.1, 0.15) is 12.6 Å². The highest BCUT2D eigenvalue weighted by Gasteiger charge is 2.27. The molecule has 1 amide bonds. The Kier molecular flexibility index (Phi) is 6.44. The smallest absolute Gasteiger partial charge is 0.408 e. The molecule has 0 aliphatic carbocycles. The predicted molar refractivity (Wildman–Crippen MR) is 75.2 cm³/mol. The summed E-state index contributed by atoms with van der Waals surface area (Å²) >= 11 is 0. The fourth-order valence-corrected chi connectivity index (χ4v) is 2.41. The van der Waals surface area contributed by atoms with Crippen LogP contribution in [-0.2, 0) is 29.9 Å². The summed E-state index contributed by atoms with van der Waals surface area (Å²) in [5, 5.41) is 2.10. The lowest BCUT2D eigenvalue weighted by Gasteiger charge is -2.14. The summed E-state index contributed by atoms with van der Waals surface area (Å²) in [6.07, 6.45) is -0.949. The van der Waals surface area contributed by atoms with Crippen LogP contribution < -0.4 is 5.32 Å². The molecule has 9 heteroatoms. The first kappa shape index (κ1) is 17.3. The highest BCUT2D eigenvalue weighted by atomic mass is 35.7. The fraction of sp³-hybridized carbons (Fsp3) is 0.333. The number of rotatable bonds is 6. The van der Waals surface area contributed by atoms with Gasteiger partial charge >= 0.3 is 12.1 Å². The van der Waals surface area contributed by atoms with Crippen molar-refractivity contribution in [2.75, 3.05) is 12.9 Å². The lowest BCUT2D eigenvalue weighted by Crippen LogP contribution is -2.45. The molecule has 0 bridgehead atoms. The molecule has 0 saturated heterocycles. The van der Waals surface area contributed by atoms with Gasteiger partial charge in [0.25, 0.3) is 0 Å². The van der Waals surface area contributed by atoms with Gasteiger partial charge in [-0.2, -0.15) is 0 Å². The summed E-state index contributed by atoms with van der Waals surface area (Å²) in [5.41, 5.74) is 0.743. The monoisotopic (exact) mass is 335 g/mol. The van der Waals surface area contributed by atoms with Crippen LogP contribution in [0.2, 0.25) is 0 Å². The number of benzene rings is 1. The number of ether oxygens (including phenoxy) is 2. The number of carbonyl (C=O) groups excluding carboxylic acids is 2. The maximum Gasteiger partial charge on any atom is 0.408 e. The number of halogens is 1. The van der Waals surface area contributed by atoms with Crippen LogP contribution in [0.5, 0.6) is 0 Å². The van der Waals surface area contributed by atoms with Crippen molar-refractivity contribution >= 4 is 31.8 Å². The minimum absolute atomic E-state index is 0.0197. The zero-order valence-electron chi connectivity index (χ0n) is 11.1. The molecule has 1 N–H and O–H groups in total. The molecule has 21 heavy (non-hydrogen) atoms. The molecule has 0 saturated carbocycles. The third kappa shape index (κ3) is 6.96. The molecule has 0 aromatic heterocycles. The molecule has 0 spiro atoms. The van der Waals surface area contributed by atoms with Crippen LogP contribution >= 0.6 is 10.7 Å². The van der Waals surface area contributed by atoms with E-state index in [9.17, 15) is 18.0 Å². The minimum atomic E-state index is -3.99. The molecule has 1 rings (SSSR count). The van der Waals surface area contributed by atoms with E-state index >= 15 is 0 Å². The molecule has 116 valence electrons. The van der Waals surface area contributed by atoms with Crippen molar-refractivity contribution in [1.82, 2.24) is 5.32 Å². The largest absolute Gasteiger partial charge is 0.467 e. The van der Waals surface area contributed by atoms with E-state index in [-0.39, 0.29) is 6.61 Å². The molecule has 1 aromatic rings. The third-order valence-electron chi connectivity index (χ3n) is 2.36. The van der Waals surface area contributed by atoms with Crippen molar-refractivity contribution in [1.29, 1.82) is 0 Å². The van der Waals surface area contributed by atoms with Crippen LogP contribution in [0.3, 0.4) is 0 Å². The Morgan fingerprint density at radius 2 is 1.90 bits per heavy atom. The Morgan fingerprint density at radius 3 is 2.43 bits per heavy atom. The topological polar surface area (TPSA) is 98.8 Å². The molecule has 0 unspecified atom stereocenters. The van der Waals surface area contributed by atoms with Crippen molar-refractivity contribution in [2.45, 2.75) is 12.6 Å². The first-order valence-electron chi connectivity index (χ1n) is 5.79. The van der Waals surface area contributed by atoms with E-state index in [1.807, 2.05) is 6.07 Å². The molecule has 1 atom stereocenters. The van der Waals surface area contributed by atoms with Crippen molar-refractivity contribution in [3.05, 3.63) is 35.9 Å². The zero-order chi connectivity index (χ0) is 15.9. The molecule has 0 aliphatic rings. The number of carbonyl (C=O) groups is 2. The number of esters is 1. The fourth-order valence-electron chi connectivity index (χ4n) is 1.42. The van der Waals surface area contributed by atoms with E-state index in [4.69, 9.17) is 15.4 Å². The molecule has 0 aliphatic heterocycles. The van der Waals surface area contributed by atoms with Gasteiger partial charge < -0.3 is 14.8 Å². The summed E-state index contributed by atoms with van der Waals surface area (Å²) in [4.78, 5) is 22.9. The molecular formula is C12H14ClNO6S. The normalized spacial score (nSPS) is 12.3. The number of hydrogen-bond acceptors (Lipinski definition) is 6. The van der Waals surface area contributed by atoms with E-state index in [0.717, 1.165) is 12.7 Å². The Labute approximate surface area is 126 Å². The van der Waals surface area contributed by atoms with Gasteiger partial charge in [-0.15, -0.1) is 0 Å². The summed E-state index contributed by atoms with van der Waals surface area (Å²) in [5.74, 6) is -1.72. The van der Waals surface area contributed by atoms with Crippen LogP contribution in [0.15, 0.2) is 30.3 Å². The molecule has 1 aromatic carbocycles. The van der Waals surface area contributed by atoms with Crippen molar-refractivity contribution in [3.8, 4) is 0 Å². The number of amides is 1. The second kappa shape index (κ2) is 7.84. The molecule has 7 nitrogen and oxygen atoms in total. The predicted octanol–water partition coefficient (Wildman–Crippen LogP) is 1.02. The van der Waals surface area contributed by atoms with Gasteiger partial charge in [-0.1, -0.05) is 30.3 Å². The second-order valence-corrected chi connectivity index (χ2v) is 6.81. The van der Waals surface area contributed by atoms with Crippen molar-refractivity contribution < 1.29 is 27.5 Å². The average Bonchev–Trinajstić information content (AvgIpc) is 2.43. The number of nitrogens with one attached hydrogen (secondary N) is 1. The van der Waals surface area contributed by atoms with Gasteiger partial charge in [0.15, 0.2) is 0 Å². The van der Waals surface area contributed by atoms with Gasteiger partial charge in [-0.3, -0.25) is 0 Å². The lowest BCUT2D eigenvalue weighted by molar-refractivity contribution is -0.142. The van der Waals surface area contributed by atoms with Gasteiger partial charge in [0.2, 0.25) is 9.05 Å². The SMILES string of the molecule is COC(=O)[C@@H](CS(=O)(=O)Cl)NC(=O)OCc1ccccc1. The molecule has 0 radical (unpaired) electrons. The summed E-state index contributed by atoms with van der Waals surface area (Å²) in [6, 6.07) is 7.41. The molecular weight excluding hydrogens is 322 g/mol. The Bertz CT molecular complexity index is 589. The number of methoxy groups -OCH3 is 1. The van der Waals surface area contributed by atoms with Crippen LogP contribution in [-0.4, -0.2) is 39.4 Å². The molecule has 0 heterocycles. The quantitative estimate of drug-likeness (QED) is 0.615. The highest BCUT2D eigenvalue weighted by Crippen LogP contribution is 2.04. The summed E-state index contributed by atoms with van der Waals surface area (Å²) in [7, 11) is 2.13. The Hall–Kier alpha value is -1.80. The lowest BCUT2D eigenvalue weighted by atomic mass is 10.2. The molecule has 0 fully saturated rings. The summed E-state index contributed by atoms with van der Waals surface area (Å²) < 4.78 is 31.2. The van der Waals surface area contributed by atoms with E-state index in [0.29, 0.717) is 0 Å². The van der Waals surface area contributed by atoms with Crippen molar-refractivity contribution in [3.63, 3.8) is 0 Å². The van der Waals surface area contributed by atoms with Crippen LogP contribution in [0, 0.1) is 0 Å². The number of alkyl carbamates (subject to hydrolysis) is 1. The first-order valence-corrected chi connectivity index (χ1v) is 8.27. The second-order valence-electron chi connectivity index (χ2n) is 3.99. The van der Waals surface area contributed by atoms with E-state index in [1.165, 1.54) is 0 Å². The highest BCUT2D eigenvalue weighted by molar-refractivity contribution is 8.13. The minimum Gasteiger partial charge on any atom is -0.467 e. The standard InChI is InChI=1S/C12H14ClNO6S/c1-19-11(15)10(8-21(13,17)18)14-12(16)20-7-9-5-3-2-4-6-9/h2-6,10H,7-8H2,1H3,(H,14,16)/t10-/m1/s1. The van der Waals surface area contributed by atoms with Gasteiger partial charge in [0, 0.05) is 10.7 Å². The Morgan fingerprint density at radius 1 is 1.29 bits per heavy atom. The van der Waals surface area contributed by atoms with E-state index in [1.54, 1.807) is 24.3 Å². The van der Waals surface area contributed by atoms with E-state index < -0.39 is 32.9 Å². The van der Waals surface area contributed by atoms with Gasteiger partial charge in [0.05, 0.1) is 12.9 Å². The zero-order valence-corrected chi connectivity index (χ0v) is 12.7.